The summed E-state index contributed by atoms with van der Waals surface area (Å²) < 4.78 is 5.27. The molecule has 0 aliphatic carbocycles. The molecule has 1 heterocycles. The Kier molecular flexibility index (Phi) is 5.80. The van der Waals surface area contributed by atoms with Crippen LogP contribution in [0.25, 0.3) is 0 Å². The Morgan fingerprint density at radius 3 is 2.79 bits per heavy atom. The summed E-state index contributed by atoms with van der Waals surface area (Å²) in [6.45, 7) is 1.66. The number of rotatable bonds is 7. The van der Waals surface area contributed by atoms with Crippen molar-refractivity contribution in [2.24, 2.45) is 0 Å². The molecule has 1 aromatic heterocycles. The van der Waals surface area contributed by atoms with Crippen molar-refractivity contribution >= 4 is 12.0 Å². The number of aliphatic carboxylic acids is 1. The van der Waals surface area contributed by atoms with Gasteiger partial charge in [-0.05, 0) is 0 Å². The SMILES string of the molecule is CCc1cnc(CNC(=O)NC(CCO)C(=O)O)o1. The highest BCUT2D eigenvalue weighted by Crippen LogP contribution is 2.03. The highest BCUT2D eigenvalue weighted by Gasteiger charge is 2.19. The third-order valence-corrected chi connectivity index (χ3v) is 2.37. The van der Waals surface area contributed by atoms with E-state index in [2.05, 4.69) is 15.6 Å². The van der Waals surface area contributed by atoms with Crippen LogP contribution < -0.4 is 10.6 Å². The van der Waals surface area contributed by atoms with Gasteiger partial charge in [0, 0.05) is 19.4 Å². The maximum atomic E-state index is 11.4. The molecule has 0 radical (unpaired) electrons. The Morgan fingerprint density at radius 2 is 2.26 bits per heavy atom. The summed E-state index contributed by atoms with van der Waals surface area (Å²) in [5.74, 6) is -0.143. The van der Waals surface area contributed by atoms with Crippen molar-refractivity contribution < 1.29 is 24.2 Å². The predicted octanol–water partition coefficient (Wildman–Crippen LogP) is -0.128. The van der Waals surface area contributed by atoms with Gasteiger partial charge in [-0.2, -0.15) is 0 Å². The van der Waals surface area contributed by atoms with E-state index >= 15 is 0 Å². The first-order chi connectivity index (χ1) is 9.06. The Labute approximate surface area is 109 Å². The van der Waals surface area contributed by atoms with Crippen molar-refractivity contribution in [3.05, 3.63) is 17.8 Å². The molecule has 0 fully saturated rings. The fourth-order valence-electron chi connectivity index (χ4n) is 1.34. The van der Waals surface area contributed by atoms with Gasteiger partial charge in [0.1, 0.15) is 11.8 Å². The van der Waals surface area contributed by atoms with Crippen LogP contribution in [0.15, 0.2) is 10.6 Å². The lowest BCUT2D eigenvalue weighted by atomic mass is 10.2. The molecule has 1 rings (SSSR count). The molecule has 0 saturated carbocycles. The molecule has 1 aromatic rings. The van der Waals surface area contributed by atoms with Gasteiger partial charge >= 0.3 is 12.0 Å². The van der Waals surface area contributed by atoms with Crippen LogP contribution in [0.3, 0.4) is 0 Å². The maximum Gasteiger partial charge on any atom is 0.326 e. The van der Waals surface area contributed by atoms with Gasteiger partial charge in [-0.25, -0.2) is 14.6 Å². The second kappa shape index (κ2) is 7.37. The lowest BCUT2D eigenvalue weighted by molar-refractivity contribution is -0.139. The number of aromatic nitrogens is 1. The zero-order valence-electron chi connectivity index (χ0n) is 10.5. The van der Waals surface area contributed by atoms with Crippen LogP contribution in [0.1, 0.15) is 25.0 Å². The number of carboxylic acids is 1. The Hall–Kier alpha value is -2.09. The number of carbonyl (C=O) groups excluding carboxylic acids is 1. The van der Waals surface area contributed by atoms with Crippen LogP contribution in [0, 0.1) is 0 Å². The topological polar surface area (TPSA) is 125 Å². The molecule has 106 valence electrons. The molecule has 0 spiro atoms. The van der Waals surface area contributed by atoms with Gasteiger partial charge in [-0.3, -0.25) is 0 Å². The number of aliphatic hydroxyl groups excluding tert-OH is 1. The largest absolute Gasteiger partial charge is 0.480 e. The van der Waals surface area contributed by atoms with Gasteiger partial charge in [-0.15, -0.1) is 0 Å². The van der Waals surface area contributed by atoms with Crippen LogP contribution in [-0.2, 0) is 17.8 Å². The van der Waals surface area contributed by atoms with E-state index in [1.165, 1.54) is 0 Å². The van der Waals surface area contributed by atoms with Gasteiger partial charge in [-0.1, -0.05) is 6.92 Å². The van der Waals surface area contributed by atoms with Gasteiger partial charge in [0.05, 0.1) is 12.7 Å². The van der Waals surface area contributed by atoms with Crippen molar-refractivity contribution in [2.45, 2.75) is 32.4 Å². The summed E-state index contributed by atoms with van der Waals surface area (Å²) in [5, 5.41) is 22.1. The minimum atomic E-state index is -1.20. The summed E-state index contributed by atoms with van der Waals surface area (Å²) in [4.78, 5) is 26.1. The van der Waals surface area contributed by atoms with E-state index in [4.69, 9.17) is 14.6 Å². The van der Waals surface area contributed by atoms with E-state index in [0.717, 1.165) is 0 Å². The van der Waals surface area contributed by atoms with Crippen LogP contribution in [0.5, 0.6) is 0 Å². The van der Waals surface area contributed by atoms with Crippen molar-refractivity contribution in [3.63, 3.8) is 0 Å². The zero-order valence-corrected chi connectivity index (χ0v) is 10.5. The molecule has 1 atom stereocenters. The molecule has 0 saturated heterocycles. The first-order valence-corrected chi connectivity index (χ1v) is 5.88. The number of nitrogens with zero attached hydrogens (tertiary/aromatic N) is 1. The van der Waals surface area contributed by atoms with Gasteiger partial charge in [0.25, 0.3) is 0 Å². The summed E-state index contributed by atoms with van der Waals surface area (Å²) >= 11 is 0. The lowest BCUT2D eigenvalue weighted by Crippen LogP contribution is -2.46. The maximum absolute atomic E-state index is 11.4. The van der Waals surface area contributed by atoms with Gasteiger partial charge in [0.15, 0.2) is 0 Å². The molecular weight excluding hydrogens is 254 g/mol. The Bertz CT molecular complexity index is 432. The lowest BCUT2D eigenvalue weighted by Gasteiger charge is -2.13. The number of hydrogen-bond donors (Lipinski definition) is 4. The fourth-order valence-corrected chi connectivity index (χ4v) is 1.34. The smallest absolute Gasteiger partial charge is 0.326 e. The predicted molar refractivity (Wildman–Crippen MR) is 64.4 cm³/mol. The molecule has 1 unspecified atom stereocenters. The third kappa shape index (κ3) is 4.96. The molecule has 8 heteroatoms. The van der Waals surface area contributed by atoms with E-state index < -0.39 is 18.0 Å². The van der Waals surface area contributed by atoms with E-state index in [0.29, 0.717) is 18.1 Å². The Morgan fingerprint density at radius 1 is 1.53 bits per heavy atom. The standard InChI is InChI=1S/C11H17N3O5/c1-2-7-5-12-9(19-7)6-13-11(18)14-8(3-4-15)10(16)17/h5,8,15H,2-4,6H2,1H3,(H,16,17)(H2,13,14,18). The van der Waals surface area contributed by atoms with Crippen molar-refractivity contribution in [3.8, 4) is 0 Å². The third-order valence-electron chi connectivity index (χ3n) is 2.37. The van der Waals surface area contributed by atoms with Crippen molar-refractivity contribution in [1.29, 1.82) is 0 Å². The van der Waals surface area contributed by atoms with Gasteiger partial charge in [0.2, 0.25) is 5.89 Å². The molecule has 0 bridgehead atoms. The summed E-state index contributed by atoms with van der Waals surface area (Å²) in [7, 11) is 0. The highest BCUT2D eigenvalue weighted by molar-refractivity contribution is 5.82. The molecule has 2 amide bonds. The average Bonchev–Trinajstić information content (AvgIpc) is 2.83. The quantitative estimate of drug-likeness (QED) is 0.547. The van der Waals surface area contributed by atoms with Gasteiger partial charge < -0.3 is 25.3 Å². The molecule has 19 heavy (non-hydrogen) atoms. The zero-order chi connectivity index (χ0) is 14.3. The molecule has 0 aliphatic rings. The van der Waals surface area contributed by atoms with Crippen LogP contribution >= 0.6 is 0 Å². The number of carboxylic acid groups (broad SMARTS) is 1. The normalized spacial score (nSPS) is 11.9. The monoisotopic (exact) mass is 271 g/mol. The summed E-state index contributed by atoms with van der Waals surface area (Å²) in [6.07, 6.45) is 2.22. The number of aryl methyl sites for hydroxylation is 1. The molecular formula is C11H17N3O5. The van der Waals surface area contributed by atoms with Crippen LogP contribution in [0.2, 0.25) is 0 Å². The van der Waals surface area contributed by atoms with Crippen molar-refractivity contribution in [2.75, 3.05) is 6.61 Å². The highest BCUT2D eigenvalue weighted by atomic mass is 16.4. The average molecular weight is 271 g/mol. The fraction of sp³-hybridized carbons (Fsp3) is 0.545. The number of carbonyl (C=O) groups is 2. The summed E-state index contributed by atoms with van der Waals surface area (Å²) in [6, 6.07) is -1.78. The van der Waals surface area contributed by atoms with E-state index in [1.807, 2.05) is 6.92 Å². The number of nitrogens with one attached hydrogen (secondary N) is 2. The Balaban J connectivity index is 2.40. The number of amides is 2. The summed E-state index contributed by atoms with van der Waals surface area (Å²) in [5.41, 5.74) is 0. The number of hydrogen-bond acceptors (Lipinski definition) is 5. The van der Waals surface area contributed by atoms with E-state index in [1.54, 1.807) is 6.20 Å². The number of urea groups is 1. The van der Waals surface area contributed by atoms with Crippen molar-refractivity contribution in [1.82, 2.24) is 15.6 Å². The number of oxazole rings is 1. The minimum Gasteiger partial charge on any atom is -0.480 e. The van der Waals surface area contributed by atoms with Crippen LogP contribution in [-0.4, -0.2) is 39.8 Å². The first kappa shape index (κ1) is 15.0. The van der Waals surface area contributed by atoms with E-state index in [9.17, 15) is 9.59 Å². The second-order valence-electron chi connectivity index (χ2n) is 3.80. The molecule has 0 aliphatic heterocycles. The number of aliphatic hydroxyl groups is 1. The second-order valence-corrected chi connectivity index (χ2v) is 3.80. The van der Waals surface area contributed by atoms with Crippen LogP contribution in [0.4, 0.5) is 4.79 Å². The minimum absolute atomic E-state index is 0.0538. The first-order valence-electron chi connectivity index (χ1n) is 5.88. The molecule has 4 N–H and O–H groups in total. The van der Waals surface area contributed by atoms with E-state index in [-0.39, 0.29) is 19.6 Å². The molecule has 8 nitrogen and oxygen atoms in total. The molecule has 0 aromatic carbocycles.